The van der Waals surface area contributed by atoms with Crippen molar-refractivity contribution in [2.24, 2.45) is 11.8 Å². The molecular formula is C23H34N4O4S. The van der Waals surface area contributed by atoms with E-state index in [-0.39, 0.29) is 37.3 Å². The Kier molecular flexibility index (Phi) is 6.88. The molecule has 0 saturated carbocycles. The number of carbonyl (C=O) groups excluding carboxylic acids is 1. The van der Waals surface area contributed by atoms with E-state index in [0.29, 0.717) is 32.0 Å². The molecule has 2 saturated heterocycles. The van der Waals surface area contributed by atoms with E-state index < -0.39 is 15.3 Å². The number of fused-ring (bicyclic) bond motifs is 1. The van der Waals surface area contributed by atoms with Crippen LogP contribution in [0.25, 0.3) is 11.0 Å². The zero-order chi connectivity index (χ0) is 22.9. The first-order valence-corrected chi connectivity index (χ1v) is 13.1. The Hall–Kier alpha value is -1.97. The van der Waals surface area contributed by atoms with E-state index in [1.54, 1.807) is 15.4 Å². The topological polar surface area (TPSA) is 107 Å². The zero-order valence-corrected chi connectivity index (χ0v) is 19.7. The van der Waals surface area contributed by atoms with Crippen LogP contribution in [0.3, 0.4) is 0 Å². The molecule has 2 aromatic rings. The zero-order valence-electron chi connectivity index (χ0n) is 18.9. The minimum Gasteiger partial charge on any atom is -0.396 e. The predicted octanol–water partition coefficient (Wildman–Crippen LogP) is 2.33. The van der Waals surface area contributed by atoms with Crippen molar-refractivity contribution >= 4 is 27.0 Å². The van der Waals surface area contributed by atoms with Crippen LogP contribution in [-0.2, 0) is 14.8 Å². The number of nitrogens with zero attached hydrogens (tertiary/aromatic N) is 3. The molecule has 176 valence electrons. The minimum absolute atomic E-state index is 0.0274. The molecule has 0 bridgehead atoms. The second-order valence-electron chi connectivity index (χ2n) is 9.50. The SMILES string of the molecule is CC(C)C(CO)CC(=O)N1CCC(S(=O)(=O)N2CCC(c3c[nH]c4ncccc34)CC2)C1. The van der Waals surface area contributed by atoms with Crippen LogP contribution in [0.1, 0.15) is 51.0 Å². The number of nitrogens with one attached hydrogen (secondary N) is 1. The Morgan fingerprint density at radius 1 is 1.25 bits per heavy atom. The number of pyridine rings is 1. The van der Waals surface area contributed by atoms with E-state index in [2.05, 4.69) is 16.0 Å². The highest BCUT2D eigenvalue weighted by Gasteiger charge is 2.40. The Balaban J connectivity index is 1.35. The molecule has 1 amide bonds. The molecule has 8 nitrogen and oxygen atoms in total. The monoisotopic (exact) mass is 462 g/mol. The number of aromatic nitrogens is 2. The lowest BCUT2D eigenvalue weighted by molar-refractivity contribution is -0.131. The first kappa shape index (κ1) is 23.2. The summed E-state index contributed by atoms with van der Waals surface area (Å²) in [5, 5.41) is 10.1. The highest BCUT2D eigenvalue weighted by Crippen LogP contribution is 2.34. The molecule has 2 aliphatic heterocycles. The summed E-state index contributed by atoms with van der Waals surface area (Å²) in [7, 11) is -3.44. The van der Waals surface area contributed by atoms with Gasteiger partial charge in [0.05, 0.1) is 5.25 Å². The molecule has 9 heteroatoms. The number of likely N-dealkylation sites (tertiary alicyclic amines) is 1. The van der Waals surface area contributed by atoms with Crippen LogP contribution in [0.4, 0.5) is 0 Å². The van der Waals surface area contributed by atoms with Crippen LogP contribution >= 0.6 is 0 Å². The van der Waals surface area contributed by atoms with Crippen molar-refractivity contribution in [3.63, 3.8) is 0 Å². The molecular weight excluding hydrogens is 428 g/mol. The third-order valence-electron chi connectivity index (χ3n) is 7.27. The van der Waals surface area contributed by atoms with Crippen molar-refractivity contribution in [3.05, 3.63) is 30.1 Å². The fraction of sp³-hybridized carbons (Fsp3) is 0.652. The van der Waals surface area contributed by atoms with E-state index in [9.17, 15) is 18.3 Å². The van der Waals surface area contributed by atoms with Gasteiger partial charge in [0.2, 0.25) is 15.9 Å². The molecule has 2 unspecified atom stereocenters. The van der Waals surface area contributed by atoms with Crippen LogP contribution < -0.4 is 0 Å². The number of rotatable bonds is 7. The number of piperidine rings is 1. The van der Waals surface area contributed by atoms with E-state index in [4.69, 9.17) is 0 Å². The average Bonchev–Trinajstić information content (AvgIpc) is 3.45. The van der Waals surface area contributed by atoms with E-state index in [1.807, 2.05) is 26.1 Å². The van der Waals surface area contributed by atoms with Crippen molar-refractivity contribution in [1.29, 1.82) is 0 Å². The highest BCUT2D eigenvalue weighted by atomic mass is 32.2. The van der Waals surface area contributed by atoms with Gasteiger partial charge in [0, 0.05) is 57.0 Å². The molecule has 4 rings (SSSR count). The second kappa shape index (κ2) is 9.49. The first-order valence-electron chi connectivity index (χ1n) is 11.6. The maximum Gasteiger partial charge on any atom is 0.222 e. The summed E-state index contributed by atoms with van der Waals surface area (Å²) in [4.78, 5) is 21.9. The highest BCUT2D eigenvalue weighted by molar-refractivity contribution is 7.89. The maximum absolute atomic E-state index is 13.3. The first-order chi connectivity index (χ1) is 15.3. The van der Waals surface area contributed by atoms with Crippen LogP contribution in [-0.4, -0.2) is 76.6 Å². The van der Waals surface area contributed by atoms with Gasteiger partial charge in [-0.25, -0.2) is 17.7 Å². The van der Waals surface area contributed by atoms with Gasteiger partial charge in [-0.15, -0.1) is 0 Å². The van der Waals surface area contributed by atoms with Gasteiger partial charge in [-0.3, -0.25) is 4.79 Å². The van der Waals surface area contributed by atoms with Crippen LogP contribution in [0.5, 0.6) is 0 Å². The molecule has 2 N–H and O–H groups in total. The van der Waals surface area contributed by atoms with E-state index >= 15 is 0 Å². The molecule has 32 heavy (non-hydrogen) atoms. The summed E-state index contributed by atoms with van der Waals surface area (Å²) in [5.41, 5.74) is 2.08. The third kappa shape index (κ3) is 4.56. The number of aliphatic hydroxyl groups is 1. The Morgan fingerprint density at radius 3 is 2.69 bits per heavy atom. The second-order valence-corrected chi connectivity index (χ2v) is 11.7. The summed E-state index contributed by atoms with van der Waals surface area (Å²) in [5.74, 6) is 0.381. The maximum atomic E-state index is 13.3. The van der Waals surface area contributed by atoms with Gasteiger partial charge in [0.1, 0.15) is 5.65 Å². The molecule has 2 fully saturated rings. The van der Waals surface area contributed by atoms with Gasteiger partial charge in [0.15, 0.2) is 0 Å². The van der Waals surface area contributed by atoms with Gasteiger partial charge in [-0.1, -0.05) is 13.8 Å². The van der Waals surface area contributed by atoms with E-state index in [1.165, 1.54) is 5.56 Å². The lowest BCUT2D eigenvalue weighted by Gasteiger charge is -2.33. The van der Waals surface area contributed by atoms with Gasteiger partial charge >= 0.3 is 0 Å². The van der Waals surface area contributed by atoms with Crippen molar-refractivity contribution in [2.45, 2.75) is 50.7 Å². The summed E-state index contributed by atoms with van der Waals surface area (Å²) < 4.78 is 28.2. The molecule has 0 radical (unpaired) electrons. The lowest BCUT2D eigenvalue weighted by atomic mass is 9.90. The third-order valence-corrected chi connectivity index (χ3v) is 9.58. The molecule has 4 heterocycles. The van der Waals surface area contributed by atoms with Crippen LogP contribution in [0, 0.1) is 11.8 Å². The van der Waals surface area contributed by atoms with Gasteiger partial charge < -0.3 is 15.0 Å². The summed E-state index contributed by atoms with van der Waals surface area (Å²) >= 11 is 0. The van der Waals surface area contributed by atoms with Crippen molar-refractivity contribution in [3.8, 4) is 0 Å². The Bertz CT molecular complexity index is 1040. The van der Waals surface area contributed by atoms with Crippen molar-refractivity contribution < 1.29 is 18.3 Å². The van der Waals surface area contributed by atoms with Crippen LogP contribution in [0.2, 0.25) is 0 Å². The predicted molar refractivity (Wildman–Crippen MR) is 124 cm³/mol. The summed E-state index contributed by atoms with van der Waals surface area (Å²) in [6.07, 6.45) is 6.08. The summed E-state index contributed by atoms with van der Waals surface area (Å²) in [6, 6.07) is 3.98. The van der Waals surface area contributed by atoms with E-state index in [0.717, 1.165) is 23.9 Å². The number of sulfonamides is 1. The standard InChI is InChI=1S/C23H34N4O4S/c1-16(2)18(15-28)12-22(29)26-9-7-19(14-26)32(30,31)27-10-5-17(6-11-27)21-13-25-23-20(21)4-3-8-24-23/h3-4,8,13,16-19,28H,5-7,9-12,14-15H2,1-2H3,(H,24,25). The molecule has 2 atom stereocenters. The number of amides is 1. The Labute approximate surface area is 190 Å². The number of hydrogen-bond acceptors (Lipinski definition) is 5. The van der Waals surface area contributed by atoms with Gasteiger partial charge in [-0.2, -0.15) is 0 Å². The number of carbonyl (C=O) groups is 1. The molecule has 0 aliphatic carbocycles. The van der Waals surface area contributed by atoms with Crippen molar-refractivity contribution in [2.75, 3.05) is 32.8 Å². The van der Waals surface area contributed by atoms with Crippen molar-refractivity contribution in [1.82, 2.24) is 19.2 Å². The minimum atomic E-state index is -3.44. The quantitative estimate of drug-likeness (QED) is 0.657. The number of aromatic amines is 1. The number of aliphatic hydroxyl groups excluding tert-OH is 1. The lowest BCUT2D eigenvalue weighted by Crippen LogP contribution is -2.44. The van der Waals surface area contributed by atoms with Crippen LogP contribution in [0.15, 0.2) is 24.5 Å². The average molecular weight is 463 g/mol. The molecule has 0 aromatic carbocycles. The molecule has 0 spiro atoms. The molecule has 2 aromatic heterocycles. The fourth-order valence-corrected chi connectivity index (χ4v) is 6.92. The number of hydrogen-bond donors (Lipinski definition) is 2. The smallest absolute Gasteiger partial charge is 0.222 e. The van der Waals surface area contributed by atoms with Gasteiger partial charge in [0.25, 0.3) is 0 Å². The molecule has 2 aliphatic rings. The Morgan fingerprint density at radius 2 is 2.00 bits per heavy atom. The number of H-pyrrole nitrogens is 1. The van der Waals surface area contributed by atoms with Gasteiger partial charge in [-0.05, 0) is 54.7 Å². The fourth-order valence-electron chi connectivity index (χ4n) is 5.01. The normalized spacial score (nSPS) is 22.1. The summed E-state index contributed by atoms with van der Waals surface area (Å²) in [6.45, 7) is 5.68. The largest absolute Gasteiger partial charge is 0.396 e.